The number of benzene rings is 2. The lowest BCUT2D eigenvalue weighted by Gasteiger charge is -2.26. The number of aromatic nitrogens is 4. The van der Waals surface area contributed by atoms with Gasteiger partial charge in [-0.25, -0.2) is 19.2 Å². The van der Waals surface area contributed by atoms with E-state index in [0.717, 1.165) is 75.3 Å². The Morgan fingerprint density at radius 2 is 1.87 bits per heavy atom. The maximum atomic E-state index is 14.0. The first-order valence-corrected chi connectivity index (χ1v) is 13.6. The van der Waals surface area contributed by atoms with E-state index in [2.05, 4.69) is 41.9 Å². The fourth-order valence-corrected chi connectivity index (χ4v) is 5.96. The highest BCUT2D eigenvalue weighted by atomic mass is 19.1. The zero-order chi connectivity index (χ0) is 26.4. The summed E-state index contributed by atoms with van der Waals surface area (Å²) in [4.78, 5) is 30.8. The molecule has 1 aliphatic carbocycles. The second-order valence-electron chi connectivity index (χ2n) is 11.2. The first-order chi connectivity index (χ1) is 19.0. The van der Waals surface area contributed by atoms with E-state index in [9.17, 15) is 9.18 Å². The molecule has 3 fully saturated rings. The van der Waals surface area contributed by atoms with E-state index in [4.69, 9.17) is 9.47 Å². The van der Waals surface area contributed by atoms with Gasteiger partial charge >= 0.3 is 5.69 Å². The van der Waals surface area contributed by atoms with Crippen molar-refractivity contribution in [3.8, 4) is 17.2 Å². The third-order valence-electron chi connectivity index (χ3n) is 8.20. The number of nitrogens with zero attached hydrogens (tertiary/aromatic N) is 4. The van der Waals surface area contributed by atoms with E-state index in [0.29, 0.717) is 29.8 Å². The van der Waals surface area contributed by atoms with Gasteiger partial charge in [-0.05, 0) is 68.0 Å². The summed E-state index contributed by atoms with van der Waals surface area (Å²) in [6, 6.07) is 10.5. The van der Waals surface area contributed by atoms with Crippen LogP contribution in [0.4, 0.5) is 10.2 Å². The Hall–Kier alpha value is -3.92. The molecule has 10 heteroatoms. The molecule has 4 heterocycles. The zero-order valence-electron chi connectivity index (χ0n) is 21.7. The van der Waals surface area contributed by atoms with Crippen molar-refractivity contribution in [3.63, 3.8) is 0 Å². The summed E-state index contributed by atoms with van der Waals surface area (Å²) < 4.78 is 26.1. The molecule has 3 aliphatic rings. The summed E-state index contributed by atoms with van der Waals surface area (Å²) in [5, 5.41) is 0. The number of rotatable bonds is 8. The highest BCUT2D eigenvalue weighted by molar-refractivity contribution is 5.75. The van der Waals surface area contributed by atoms with Gasteiger partial charge in [0.2, 0.25) is 0 Å². The quantitative estimate of drug-likeness (QED) is 0.347. The van der Waals surface area contributed by atoms with E-state index < -0.39 is 0 Å². The Labute approximate surface area is 225 Å². The maximum Gasteiger partial charge on any atom is 0.323 e. The van der Waals surface area contributed by atoms with Crippen LogP contribution in [0.2, 0.25) is 0 Å². The monoisotopic (exact) mass is 530 g/mol. The van der Waals surface area contributed by atoms with Gasteiger partial charge in [0.05, 0.1) is 23.8 Å². The van der Waals surface area contributed by atoms with Crippen LogP contribution in [0.5, 0.6) is 17.2 Å². The lowest BCUT2D eigenvalue weighted by Crippen LogP contribution is -2.31. The smallest absolute Gasteiger partial charge is 0.323 e. The van der Waals surface area contributed by atoms with Gasteiger partial charge in [0, 0.05) is 37.7 Å². The second kappa shape index (κ2) is 9.68. The standard InChI is InChI=1S/C29H31FN6O3/c30-21-4-6-24(25(12-21)38-15-19-1-2-19)39-26-13-31-18-32-27(26)36-10-8-29(17-36)7-9-35(16-29)14-20-3-5-22-23(11-20)34-28(37)33-22/h3-6,11-13,18-19H,1-2,7-10,14-17H2,(H2,33,34,37). The van der Waals surface area contributed by atoms with Crippen LogP contribution in [0.1, 0.15) is 31.2 Å². The number of ether oxygens (including phenoxy) is 2. The third kappa shape index (κ3) is 5.08. The summed E-state index contributed by atoms with van der Waals surface area (Å²) in [6.07, 6.45) is 7.71. The van der Waals surface area contributed by atoms with Gasteiger partial charge < -0.3 is 24.3 Å². The Kier molecular flexibility index (Phi) is 5.99. The number of likely N-dealkylation sites (tertiary alicyclic amines) is 1. The van der Waals surface area contributed by atoms with Gasteiger partial charge in [0.15, 0.2) is 23.1 Å². The SMILES string of the molecule is O=c1[nH]c2ccc(CN3CCC4(CCN(c5ncncc5Oc5ccc(F)cc5OCC5CC5)C4)C3)cc2[nH]1. The van der Waals surface area contributed by atoms with Crippen LogP contribution in [0, 0.1) is 17.2 Å². The molecule has 9 nitrogen and oxygen atoms in total. The van der Waals surface area contributed by atoms with Crippen molar-refractivity contribution in [2.45, 2.75) is 32.2 Å². The molecule has 4 aromatic rings. The van der Waals surface area contributed by atoms with E-state index in [-0.39, 0.29) is 16.9 Å². The summed E-state index contributed by atoms with van der Waals surface area (Å²) >= 11 is 0. The second-order valence-corrected chi connectivity index (χ2v) is 11.2. The molecule has 2 aromatic heterocycles. The summed E-state index contributed by atoms with van der Waals surface area (Å²) in [7, 11) is 0. The minimum absolute atomic E-state index is 0.178. The Morgan fingerprint density at radius 3 is 2.77 bits per heavy atom. The number of aromatic amines is 2. The minimum Gasteiger partial charge on any atom is -0.489 e. The van der Waals surface area contributed by atoms with E-state index in [1.807, 2.05) is 6.07 Å². The Morgan fingerprint density at radius 1 is 1.00 bits per heavy atom. The number of nitrogens with one attached hydrogen (secondary N) is 2. The third-order valence-corrected chi connectivity index (χ3v) is 8.20. The fraction of sp³-hybridized carbons (Fsp3) is 0.414. The van der Waals surface area contributed by atoms with Crippen LogP contribution in [-0.2, 0) is 6.54 Å². The van der Waals surface area contributed by atoms with Gasteiger partial charge in [-0.1, -0.05) is 6.07 Å². The molecular weight excluding hydrogens is 499 g/mol. The largest absolute Gasteiger partial charge is 0.489 e. The van der Waals surface area contributed by atoms with Gasteiger partial charge in [0.25, 0.3) is 0 Å². The van der Waals surface area contributed by atoms with E-state index >= 15 is 0 Å². The highest BCUT2D eigenvalue weighted by Crippen LogP contribution is 2.44. The molecule has 1 spiro atoms. The average Bonchev–Trinajstić information content (AvgIpc) is 3.36. The van der Waals surface area contributed by atoms with Crippen LogP contribution in [0.25, 0.3) is 11.0 Å². The zero-order valence-corrected chi connectivity index (χ0v) is 21.7. The lowest BCUT2D eigenvalue weighted by molar-refractivity contribution is 0.270. The predicted molar refractivity (Wildman–Crippen MR) is 145 cm³/mol. The molecule has 0 amide bonds. The van der Waals surface area contributed by atoms with Crippen molar-refractivity contribution in [1.29, 1.82) is 0 Å². The molecule has 1 saturated carbocycles. The summed E-state index contributed by atoms with van der Waals surface area (Å²) in [5.41, 5.74) is 2.87. The van der Waals surface area contributed by atoms with Crippen LogP contribution >= 0.6 is 0 Å². The molecule has 2 aromatic carbocycles. The van der Waals surface area contributed by atoms with Crippen molar-refractivity contribution in [1.82, 2.24) is 24.8 Å². The topological polar surface area (TPSA) is 99.4 Å². The molecular formula is C29H31FN6O3. The first-order valence-electron chi connectivity index (χ1n) is 13.6. The molecule has 0 bridgehead atoms. The highest BCUT2D eigenvalue weighted by Gasteiger charge is 2.44. The van der Waals surface area contributed by atoms with Gasteiger partial charge in [-0.2, -0.15) is 0 Å². The number of halogens is 1. The Bertz CT molecular complexity index is 1570. The number of H-pyrrole nitrogens is 2. The normalized spacial score (nSPS) is 21.3. The minimum atomic E-state index is -0.355. The van der Waals surface area contributed by atoms with Crippen LogP contribution in [-0.4, -0.2) is 57.6 Å². The molecule has 7 rings (SSSR count). The number of hydrogen-bond acceptors (Lipinski definition) is 7. The fourth-order valence-electron chi connectivity index (χ4n) is 5.96. The van der Waals surface area contributed by atoms with Crippen LogP contribution in [0.15, 0.2) is 53.7 Å². The average molecular weight is 531 g/mol. The van der Waals surface area contributed by atoms with E-state index in [1.54, 1.807) is 18.6 Å². The van der Waals surface area contributed by atoms with Gasteiger partial charge in [-0.3, -0.25) is 4.90 Å². The van der Waals surface area contributed by atoms with Crippen molar-refractivity contribution in [2.24, 2.45) is 11.3 Å². The van der Waals surface area contributed by atoms with Crippen LogP contribution < -0.4 is 20.1 Å². The lowest BCUT2D eigenvalue weighted by atomic mass is 9.86. The molecule has 1 atom stereocenters. The number of hydrogen-bond donors (Lipinski definition) is 2. The molecule has 39 heavy (non-hydrogen) atoms. The maximum absolute atomic E-state index is 14.0. The molecule has 202 valence electrons. The summed E-state index contributed by atoms with van der Waals surface area (Å²) in [6.45, 7) is 5.21. The van der Waals surface area contributed by atoms with Gasteiger partial charge in [-0.15, -0.1) is 0 Å². The van der Waals surface area contributed by atoms with Crippen LogP contribution in [0.3, 0.4) is 0 Å². The Balaban J connectivity index is 1.04. The van der Waals surface area contributed by atoms with E-state index in [1.165, 1.54) is 17.7 Å². The number of imidazole rings is 1. The van der Waals surface area contributed by atoms with Crippen molar-refractivity contribution in [2.75, 3.05) is 37.7 Å². The summed E-state index contributed by atoms with van der Waals surface area (Å²) in [5.74, 6) is 2.36. The van der Waals surface area contributed by atoms with Crippen molar-refractivity contribution >= 4 is 16.9 Å². The number of fused-ring (bicyclic) bond motifs is 1. The molecule has 2 N–H and O–H groups in total. The molecule has 0 radical (unpaired) electrons. The number of anilines is 1. The molecule has 2 saturated heterocycles. The van der Waals surface area contributed by atoms with Gasteiger partial charge in [0.1, 0.15) is 12.1 Å². The van der Waals surface area contributed by atoms with Crippen molar-refractivity contribution < 1.29 is 13.9 Å². The first kappa shape index (κ1) is 24.1. The van der Waals surface area contributed by atoms with Crippen molar-refractivity contribution in [3.05, 3.63) is 70.8 Å². The predicted octanol–water partition coefficient (Wildman–Crippen LogP) is 4.47. The molecule has 2 aliphatic heterocycles. The molecule has 1 unspecified atom stereocenters.